The number of fused-ring (bicyclic) bond motifs is 1. The third-order valence-electron chi connectivity index (χ3n) is 6.92. The number of nitrogens with one attached hydrogen (secondary N) is 2. The molecule has 1 fully saturated rings. The van der Waals surface area contributed by atoms with Crippen LogP contribution >= 0.6 is 0 Å². The summed E-state index contributed by atoms with van der Waals surface area (Å²) in [4.78, 5) is 37.9. The molecule has 12 heteroatoms. The first-order valence-corrected chi connectivity index (χ1v) is 13.0. The van der Waals surface area contributed by atoms with Crippen LogP contribution in [-0.2, 0) is 9.53 Å². The summed E-state index contributed by atoms with van der Waals surface area (Å²) in [6.07, 6.45) is -5.45. The number of anilines is 1. The van der Waals surface area contributed by atoms with Crippen LogP contribution in [0.2, 0.25) is 0 Å². The predicted molar refractivity (Wildman–Crippen MR) is 146 cm³/mol. The molecular weight excluding hydrogens is 514 g/mol. The van der Waals surface area contributed by atoms with Crippen LogP contribution < -0.4 is 16.4 Å². The number of nitrogens with zero attached hydrogens (tertiary/aromatic N) is 4. The van der Waals surface area contributed by atoms with Gasteiger partial charge in [-0.2, -0.15) is 0 Å². The Morgan fingerprint density at radius 2 is 1.62 bits per heavy atom. The molecule has 0 unspecified atom stereocenters. The van der Waals surface area contributed by atoms with Crippen LogP contribution in [0.1, 0.15) is 46.6 Å². The second-order valence-corrected chi connectivity index (χ2v) is 9.54. The van der Waals surface area contributed by atoms with E-state index in [4.69, 9.17) is 10.5 Å². The number of ether oxygens (including phenoxy) is 1. The predicted octanol–water partition coefficient (Wildman–Crippen LogP) is 1.23. The Labute approximate surface area is 230 Å². The van der Waals surface area contributed by atoms with Crippen molar-refractivity contribution < 1.29 is 24.5 Å². The number of imidazole rings is 1. The van der Waals surface area contributed by atoms with Crippen molar-refractivity contribution in [1.82, 2.24) is 24.8 Å². The van der Waals surface area contributed by atoms with E-state index in [1.807, 2.05) is 60.7 Å². The van der Waals surface area contributed by atoms with Crippen molar-refractivity contribution in [2.24, 2.45) is 5.73 Å². The van der Waals surface area contributed by atoms with Crippen LogP contribution in [0, 0.1) is 6.92 Å². The lowest BCUT2D eigenvalue weighted by Gasteiger charge is -2.20. The van der Waals surface area contributed by atoms with Gasteiger partial charge in [0.2, 0.25) is 5.82 Å². The number of likely N-dealkylation sites (N-methyl/N-ethyl adjacent to an activating group) is 1. The minimum absolute atomic E-state index is 0.0550. The van der Waals surface area contributed by atoms with Crippen molar-refractivity contribution in [1.29, 1.82) is 0 Å². The van der Waals surface area contributed by atoms with Gasteiger partial charge in [-0.05, 0) is 25.0 Å². The molecule has 4 aromatic rings. The lowest BCUT2D eigenvalue weighted by Crippen LogP contribution is -2.42. The molecule has 40 heavy (non-hydrogen) atoms. The molecule has 4 atom stereocenters. The molecule has 0 spiro atoms. The van der Waals surface area contributed by atoms with Gasteiger partial charge in [0, 0.05) is 19.0 Å². The highest BCUT2D eigenvalue weighted by Crippen LogP contribution is 2.34. The molecule has 0 aliphatic carbocycles. The first-order valence-electron chi connectivity index (χ1n) is 13.0. The molecule has 12 nitrogen and oxygen atoms in total. The van der Waals surface area contributed by atoms with Gasteiger partial charge in [0.15, 0.2) is 29.3 Å². The van der Waals surface area contributed by atoms with Gasteiger partial charge >= 0.3 is 0 Å². The molecule has 5 rings (SSSR count). The zero-order valence-corrected chi connectivity index (χ0v) is 22.1. The second kappa shape index (κ2) is 11.4. The van der Waals surface area contributed by atoms with E-state index in [1.165, 1.54) is 4.57 Å². The molecule has 2 amide bonds. The second-order valence-electron chi connectivity index (χ2n) is 9.54. The highest BCUT2D eigenvalue weighted by Gasteiger charge is 2.48. The van der Waals surface area contributed by atoms with Gasteiger partial charge in [0.1, 0.15) is 18.0 Å². The van der Waals surface area contributed by atoms with Crippen LogP contribution in [0.15, 0.2) is 60.7 Å². The maximum Gasteiger partial charge on any atom is 0.286 e. The number of aryl methyl sites for hydroxylation is 1. The molecule has 3 heterocycles. The number of benzene rings is 2. The standard InChI is InChI=1S/C28H31N7O5/c1-3-30-27(39)22-20(36)21(37)28(40-22)35-15(2)32-19-24(33-25(23(29)38)34-26(19)35)31-14-18(16-10-6-4-7-11-16)17-12-8-5-9-13-17/h4-13,18,20-22,28,36-37H,3,14H2,1-2H3,(H2,29,38)(H,30,39)(H,31,33,34)/t20-,21+,22-,28+/m0/s1. The molecule has 0 bridgehead atoms. The summed E-state index contributed by atoms with van der Waals surface area (Å²) in [5, 5.41) is 27.3. The van der Waals surface area contributed by atoms with E-state index in [-0.39, 0.29) is 23.2 Å². The minimum Gasteiger partial charge on any atom is -0.387 e. The maximum absolute atomic E-state index is 12.4. The normalized spacial score (nSPS) is 20.6. The number of aromatic nitrogens is 4. The Morgan fingerprint density at radius 1 is 1.00 bits per heavy atom. The molecule has 2 aromatic carbocycles. The van der Waals surface area contributed by atoms with Gasteiger partial charge in [-0.3, -0.25) is 14.2 Å². The monoisotopic (exact) mass is 545 g/mol. The number of hydrogen-bond acceptors (Lipinski definition) is 9. The average Bonchev–Trinajstić information content (AvgIpc) is 3.44. The van der Waals surface area contributed by atoms with Crippen molar-refractivity contribution in [2.45, 2.75) is 44.3 Å². The van der Waals surface area contributed by atoms with E-state index in [0.29, 0.717) is 24.4 Å². The fraction of sp³-hybridized carbons (Fsp3) is 0.321. The minimum atomic E-state index is -1.49. The Kier molecular flexibility index (Phi) is 7.74. The van der Waals surface area contributed by atoms with Crippen LogP contribution in [0.4, 0.5) is 5.82 Å². The zero-order chi connectivity index (χ0) is 28.4. The van der Waals surface area contributed by atoms with Crippen molar-refractivity contribution in [2.75, 3.05) is 18.4 Å². The van der Waals surface area contributed by atoms with Gasteiger partial charge < -0.3 is 31.3 Å². The third kappa shape index (κ3) is 5.11. The number of aliphatic hydroxyl groups excluding tert-OH is 2. The van der Waals surface area contributed by atoms with Crippen LogP contribution in [0.3, 0.4) is 0 Å². The van der Waals surface area contributed by atoms with Crippen molar-refractivity contribution >= 4 is 28.8 Å². The summed E-state index contributed by atoms with van der Waals surface area (Å²) in [5.74, 6) is -1.09. The largest absolute Gasteiger partial charge is 0.387 e. The summed E-state index contributed by atoms with van der Waals surface area (Å²) in [6.45, 7) is 4.13. The smallest absolute Gasteiger partial charge is 0.286 e. The van der Waals surface area contributed by atoms with Crippen LogP contribution in [0.25, 0.3) is 11.2 Å². The van der Waals surface area contributed by atoms with E-state index >= 15 is 0 Å². The molecule has 1 aliphatic rings. The maximum atomic E-state index is 12.4. The van der Waals surface area contributed by atoms with E-state index in [1.54, 1.807) is 13.8 Å². The highest BCUT2D eigenvalue weighted by molar-refractivity contribution is 5.93. The number of aliphatic hydroxyl groups is 2. The van der Waals surface area contributed by atoms with Crippen molar-refractivity contribution in [3.63, 3.8) is 0 Å². The molecule has 2 aromatic heterocycles. The van der Waals surface area contributed by atoms with Crippen molar-refractivity contribution in [3.05, 3.63) is 83.4 Å². The van der Waals surface area contributed by atoms with Crippen LogP contribution in [0.5, 0.6) is 0 Å². The Balaban J connectivity index is 1.54. The number of amides is 2. The summed E-state index contributed by atoms with van der Waals surface area (Å²) >= 11 is 0. The Bertz CT molecular complexity index is 1470. The molecule has 208 valence electrons. The molecule has 0 radical (unpaired) electrons. The first-order chi connectivity index (χ1) is 19.3. The molecular formula is C28H31N7O5. The lowest BCUT2D eigenvalue weighted by molar-refractivity contribution is -0.137. The van der Waals surface area contributed by atoms with Crippen LogP contribution in [-0.4, -0.2) is 72.9 Å². The van der Waals surface area contributed by atoms with Gasteiger partial charge in [0.05, 0.1) is 0 Å². The highest BCUT2D eigenvalue weighted by atomic mass is 16.6. The molecule has 1 aliphatic heterocycles. The Hall–Kier alpha value is -4.39. The lowest BCUT2D eigenvalue weighted by atomic mass is 9.91. The number of nitrogens with two attached hydrogens (primary N) is 1. The van der Waals surface area contributed by atoms with Gasteiger partial charge in [-0.1, -0.05) is 60.7 Å². The zero-order valence-electron chi connectivity index (χ0n) is 22.1. The quantitative estimate of drug-likeness (QED) is 0.207. The fourth-order valence-electron chi connectivity index (χ4n) is 4.98. The number of primary amides is 1. The van der Waals surface area contributed by atoms with E-state index in [0.717, 1.165) is 11.1 Å². The SMILES string of the molecule is CCNC(=O)[C@H]1O[C@@H](n2c(C)nc3c(NCC(c4ccccc4)c4ccccc4)nc(C(N)=O)nc32)[C@H](O)[C@@H]1O. The van der Waals surface area contributed by atoms with Gasteiger partial charge in [0.25, 0.3) is 11.8 Å². The van der Waals surface area contributed by atoms with E-state index in [9.17, 15) is 19.8 Å². The Morgan fingerprint density at radius 3 is 2.20 bits per heavy atom. The third-order valence-corrected chi connectivity index (χ3v) is 6.92. The summed E-state index contributed by atoms with van der Waals surface area (Å²) in [5.41, 5.74) is 8.21. The van der Waals surface area contributed by atoms with Crippen molar-refractivity contribution in [3.8, 4) is 0 Å². The van der Waals surface area contributed by atoms with E-state index < -0.39 is 36.4 Å². The number of carbonyl (C=O) groups is 2. The first kappa shape index (κ1) is 27.2. The summed E-state index contributed by atoms with van der Waals surface area (Å²) in [6, 6.07) is 20.0. The average molecular weight is 546 g/mol. The number of rotatable bonds is 9. The topological polar surface area (TPSA) is 178 Å². The molecule has 0 saturated carbocycles. The number of hydrogen-bond donors (Lipinski definition) is 5. The molecule has 1 saturated heterocycles. The van der Waals surface area contributed by atoms with Gasteiger partial charge in [-0.25, -0.2) is 15.0 Å². The summed E-state index contributed by atoms with van der Waals surface area (Å²) in [7, 11) is 0. The van der Waals surface area contributed by atoms with E-state index in [2.05, 4.69) is 25.6 Å². The van der Waals surface area contributed by atoms with Gasteiger partial charge in [-0.15, -0.1) is 0 Å². The number of carbonyl (C=O) groups excluding carboxylic acids is 2. The molecule has 6 N–H and O–H groups in total. The fourth-order valence-corrected chi connectivity index (χ4v) is 4.98. The summed E-state index contributed by atoms with van der Waals surface area (Å²) < 4.78 is 7.24.